The van der Waals surface area contributed by atoms with E-state index in [1.54, 1.807) is 0 Å². The second kappa shape index (κ2) is 5.80. The maximum absolute atomic E-state index is 6.10. The summed E-state index contributed by atoms with van der Waals surface area (Å²) in [6, 6.07) is 0. The average molecular weight is 262 g/mol. The number of nitrogens with zero attached hydrogens (tertiary/aromatic N) is 3. The number of halogens is 2. The first-order valence-electron chi connectivity index (χ1n) is 5.28. The fraction of sp³-hybridized carbons (Fsp3) is 0.636. The molecule has 1 rings (SSSR count). The van der Waals surface area contributed by atoms with Gasteiger partial charge in [-0.1, -0.05) is 37.0 Å². The summed E-state index contributed by atoms with van der Waals surface area (Å²) in [6.45, 7) is 4.93. The summed E-state index contributed by atoms with van der Waals surface area (Å²) >= 11 is 12.2. The number of hydrogen-bond acceptors (Lipinski definition) is 3. The minimum atomic E-state index is 0.239. The van der Waals surface area contributed by atoms with Crippen LogP contribution in [0.25, 0.3) is 0 Å². The third kappa shape index (κ3) is 3.58. The van der Waals surface area contributed by atoms with Gasteiger partial charge < -0.3 is 4.90 Å². The first-order valence-corrected chi connectivity index (χ1v) is 6.04. The number of hydrogen-bond donors (Lipinski definition) is 0. The molecule has 16 heavy (non-hydrogen) atoms. The summed E-state index contributed by atoms with van der Waals surface area (Å²) in [7, 11) is 4.01. The molecule has 5 heteroatoms. The monoisotopic (exact) mass is 261 g/mol. The van der Waals surface area contributed by atoms with E-state index < -0.39 is 0 Å². The predicted octanol–water partition coefficient (Wildman–Crippen LogP) is 3.01. The van der Waals surface area contributed by atoms with E-state index in [-0.39, 0.29) is 5.92 Å². The molecule has 1 aromatic rings. The van der Waals surface area contributed by atoms with Crippen LogP contribution in [-0.4, -0.2) is 35.5 Å². The van der Waals surface area contributed by atoms with Crippen LogP contribution in [0.2, 0.25) is 10.3 Å². The number of likely N-dealkylation sites (N-methyl/N-ethyl adjacent to an activating group) is 1. The van der Waals surface area contributed by atoms with Crippen molar-refractivity contribution in [1.29, 1.82) is 0 Å². The van der Waals surface area contributed by atoms with Crippen LogP contribution in [0.3, 0.4) is 0 Å². The Labute approximate surface area is 107 Å². The van der Waals surface area contributed by atoms with Crippen LogP contribution in [0, 0.1) is 0 Å². The molecule has 0 atom stereocenters. The minimum Gasteiger partial charge on any atom is -0.309 e. The standard InChI is InChI=1S/C11H17Cl2N3/c1-7(2)9-10(12)14-8(15-11(9)13)5-6-16(3)4/h7H,5-6H2,1-4H3. The Morgan fingerprint density at radius 3 is 2.00 bits per heavy atom. The van der Waals surface area contributed by atoms with E-state index in [1.807, 2.05) is 27.9 Å². The maximum atomic E-state index is 6.10. The zero-order chi connectivity index (χ0) is 12.3. The molecule has 1 aromatic heterocycles. The van der Waals surface area contributed by atoms with E-state index >= 15 is 0 Å². The summed E-state index contributed by atoms with van der Waals surface area (Å²) in [5.41, 5.74) is 0.830. The average Bonchev–Trinajstić information content (AvgIpc) is 2.12. The van der Waals surface area contributed by atoms with Gasteiger partial charge in [-0.05, 0) is 20.0 Å². The van der Waals surface area contributed by atoms with Crippen molar-refractivity contribution in [1.82, 2.24) is 14.9 Å². The molecule has 0 aliphatic carbocycles. The normalized spacial score (nSPS) is 11.5. The second-order valence-corrected chi connectivity index (χ2v) is 5.06. The molecule has 1 heterocycles. The molecule has 0 aliphatic heterocycles. The van der Waals surface area contributed by atoms with Crippen LogP contribution < -0.4 is 0 Å². The first-order chi connectivity index (χ1) is 7.41. The second-order valence-electron chi connectivity index (χ2n) is 4.34. The van der Waals surface area contributed by atoms with Gasteiger partial charge in [-0.2, -0.15) is 0 Å². The Kier molecular flexibility index (Phi) is 4.96. The van der Waals surface area contributed by atoms with Crippen LogP contribution in [-0.2, 0) is 6.42 Å². The van der Waals surface area contributed by atoms with Gasteiger partial charge in [0.15, 0.2) is 0 Å². The van der Waals surface area contributed by atoms with E-state index in [9.17, 15) is 0 Å². The minimum absolute atomic E-state index is 0.239. The molecule has 0 saturated carbocycles. The maximum Gasteiger partial charge on any atom is 0.137 e. The Bertz CT molecular complexity index is 341. The lowest BCUT2D eigenvalue weighted by Crippen LogP contribution is -2.16. The molecular formula is C11H17Cl2N3. The number of aromatic nitrogens is 2. The lowest BCUT2D eigenvalue weighted by Gasteiger charge is -2.12. The first kappa shape index (κ1) is 13.7. The van der Waals surface area contributed by atoms with E-state index in [4.69, 9.17) is 23.2 Å². The smallest absolute Gasteiger partial charge is 0.137 e. The molecule has 0 unspecified atom stereocenters. The predicted molar refractivity (Wildman–Crippen MR) is 68.4 cm³/mol. The van der Waals surface area contributed by atoms with E-state index in [2.05, 4.69) is 14.9 Å². The van der Waals surface area contributed by atoms with Gasteiger partial charge in [0.1, 0.15) is 16.1 Å². The van der Waals surface area contributed by atoms with Gasteiger partial charge in [-0.15, -0.1) is 0 Å². The SMILES string of the molecule is CC(C)c1c(Cl)nc(CCN(C)C)nc1Cl. The Morgan fingerprint density at radius 1 is 1.12 bits per heavy atom. The van der Waals surface area contributed by atoms with Crippen molar-refractivity contribution in [3.63, 3.8) is 0 Å². The molecule has 0 N–H and O–H groups in total. The molecule has 0 fully saturated rings. The fourth-order valence-corrected chi connectivity index (χ4v) is 2.23. The summed E-state index contributed by atoms with van der Waals surface area (Å²) in [5, 5.41) is 0.951. The molecule has 0 bridgehead atoms. The third-order valence-electron chi connectivity index (χ3n) is 2.26. The number of rotatable bonds is 4. The summed E-state index contributed by atoms with van der Waals surface area (Å²) in [4.78, 5) is 10.6. The Hall–Kier alpha value is -0.380. The quantitative estimate of drug-likeness (QED) is 0.781. The molecule has 0 aromatic carbocycles. The van der Waals surface area contributed by atoms with Crippen molar-refractivity contribution in [3.8, 4) is 0 Å². The van der Waals surface area contributed by atoms with Crippen LogP contribution in [0.5, 0.6) is 0 Å². The molecule has 3 nitrogen and oxygen atoms in total. The highest BCUT2D eigenvalue weighted by Gasteiger charge is 2.14. The topological polar surface area (TPSA) is 29.0 Å². The molecular weight excluding hydrogens is 245 g/mol. The molecule has 0 saturated heterocycles. The molecule has 0 aliphatic rings. The van der Waals surface area contributed by atoms with Gasteiger partial charge in [-0.3, -0.25) is 0 Å². The van der Waals surface area contributed by atoms with Crippen LogP contribution in [0.4, 0.5) is 0 Å². The molecule has 90 valence electrons. The van der Waals surface area contributed by atoms with Gasteiger partial charge in [0.2, 0.25) is 0 Å². The van der Waals surface area contributed by atoms with Crippen molar-refractivity contribution in [2.75, 3.05) is 20.6 Å². The van der Waals surface area contributed by atoms with Crippen molar-refractivity contribution < 1.29 is 0 Å². The van der Waals surface area contributed by atoms with Crippen LogP contribution in [0.1, 0.15) is 31.2 Å². The van der Waals surface area contributed by atoms with Gasteiger partial charge >= 0.3 is 0 Å². The van der Waals surface area contributed by atoms with Crippen molar-refractivity contribution in [3.05, 3.63) is 21.7 Å². The van der Waals surface area contributed by atoms with E-state index in [0.29, 0.717) is 16.1 Å². The summed E-state index contributed by atoms with van der Waals surface area (Å²) in [5.74, 6) is 0.941. The molecule has 0 spiro atoms. The summed E-state index contributed by atoms with van der Waals surface area (Å²) < 4.78 is 0. The highest BCUT2D eigenvalue weighted by atomic mass is 35.5. The van der Waals surface area contributed by atoms with Crippen molar-refractivity contribution in [2.45, 2.75) is 26.2 Å². The highest BCUT2D eigenvalue weighted by molar-refractivity contribution is 6.34. The van der Waals surface area contributed by atoms with Crippen molar-refractivity contribution >= 4 is 23.2 Å². The zero-order valence-electron chi connectivity index (χ0n) is 10.1. The van der Waals surface area contributed by atoms with E-state index in [1.165, 1.54) is 0 Å². The largest absolute Gasteiger partial charge is 0.309 e. The van der Waals surface area contributed by atoms with Crippen LogP contribution in [0.15, 0.2) is 0 Å². The van der Waals surface area contributed by atoms with Gasteiger partial charge in [0.25, 0.3) is 0 Å². The van der Waals surface area contributed by atoms with Crippen molar-refractivity contribution in [2.24, 2.45) is 0 Å². The molecule has 0 radical (unpaired) electrons. The fourth-order valence-electron chi connectivity index (χ4n) is 1.37. The zero-order valence-corrected chi connectivity index (χ0v) is 11.6. The summed E-state index contributed by atoms with van der Waals surface area (Å²) in [6.07, 6.45) is 0.755. The lowest BCUT2D eigenvalue weighted by molar-refractivity contribution is 0.409. The Balaban J connectivity index is 2.92. The van der Waals surface area contributed by atoms with Gasteiger partial charge in [-0.25, -0.2) is 9.97 Å². The van der Waals surface area contributed by atoms with Crippen LogP contribution >= 0.6 is 23.2 Å². The lowest BCUT2D eigenvalue weighted by atomic mass is 10.1. The Morgan fingerprint density at radius 2 is 1.62 bits per heavy atom. The van der Waals surface area contributed by atoms with E-state index in [0.717, 1.165) is 18.5 Å². The highest BCUT2D eigenvalue weighted by Crippen LogP contribution is 2.28. The van der Waals surface area contributed by atoms with Gasteiger partial charge in [0, 0.05) is 18.5 Å². The third-order valence-corrected chi connectivity index (χ3v) is 2.84. The molecule has 0 amide bonds. The van der Waals surface area contributed by atoms with Gasteiger partial charge in [0.05, 0.1) is 0 Å².